The SMILES string of the molecule is CCCCCCC(C)(CCCC)Nc1ccc(COC(C)(CCCCCC)CCCCCC)cc1. The number of rotatable bonds is 23. The second-order valence-electron chi connectivity index (χ2n) is 11.7. The third-order valence-corrected chi connectivity index (χ3v) is 7.77. The number of hydrogen-bond donors (Lipinski definition) is 1. The number of unbranched alkanes of at least 4 members (excludes halogenated alkanes) is 10. The molecule has 0 aliphatic carbocycles. The lowest BCUT2D eigenvalue weighted by Gasteiger charge is -2.33. The lowest BCUT2D eigenvalue weighted by molar-refractivity contribution is -0.0576. The largest absolute Gasteiger partial charge is 0.380 e. The maximum atomic E-state index is 6.63. The molecule has 2 nitrogen and oxygen atoms in total. The van der Waals surface area contributed by atoms with E-state index in [-0.39, 0.29) is 11.1 Å². The third-order valence-electron chi connectivity index (χ3n) is 7.77. The van der Waals surface area contributed by atoms with Crippen molar-refractivity contribution in [3.8, 4) is 0 Å². The summed E-state index contributed by atoms with van der Waals surface area (Å²) in [7, 11) is 0. The quantitative estimate of drug-likeness (QED) is 0.155. The fourth-order valence-corrected chi connectivity index (χ4v) is 5.17. The van der Waals surface area contributed by atoms with Crippen LogP contribution in [0.5, 0.6) is 0 Å². The summed E-state index contributed by atoms with van der Waals surface area (Å²) in [4.78, 5) is 0. The number of anilines is 1. The van der Waals surface area contributed by atoms with E-state index in [0.29, 0.717) is 0 Å². The topological polar surface area (TPSA) is 21.3 Å². The molecular formula is C33H61NO. The highest BCUT2D eigenvalue weighted by Crippen LogP contribution is 2.30. The molecule has 0 aliphatic rings. The van der Waals surface area contributed by atoms with Crippen molar-refractivity contribution >= 4 is 5.69 Å². The normalized spacial score (nSPS) is 13.7. The molecule has 0 fully saturated rings. The molecule has 0 heterocycles. The Kier molecular flexibility index (Phi) is 17.5. The summed E-state index contributed by atoms with van der Waals surface area (Å²) in [6.45, 7) is 14.7. The van der Waals surface area contributed by atoms with Crippen molar-refractivity contribution < 1.29 is 4.74 Å². The minimum Gasteiger partial charge on any atom is -0.380 e. The Morgan fingerprint density at radius 3 is 1.51 bits per heavy atom. The van der Waals surface area contributed by atoms with Crippen LogP contribution in [0.15, 0.2) is 24.3 Å². The summed E-state index contributed by atoms with van der Waals surface area (Å²) in [6.07, 6.45) is 23.3. The molecule has 1 aromatic carbocycles. The second-order valence-corrected chi connectivity index (χ2v) is 11.7. The van der Waals surface area contributed by atoms with Crippen molar-refractivity contribution in [1.29, 1.82) is 0 Å². The van der Waals surface area contributed by atoms with E-state index < -0.39 is 0 Å². The Balaban J connectivity index is 2.68. The lowest BCUT2D eigenvalue weighted by Crippen LogP contribution is -2.34. The molecule has 0 amide bonds. The Morgan fingerprint density at radius 2 is 1.03 bits per heavy atom. The highest BCUT2D eigenvalue weighted by molar-refractivity contribution is 5.46. The van der Waals surface area contributed by atoms with E-state index in [1.165, 1.54) is 127 Å². The van der Waals surface area contributed by atoms with Gasteiger partial charge in [-0.1, -0.05) is 130 Å². The Morgan fingerprint density at radius 1 is 0.571 bits per heavy atom. The fourth-order valence-electron chi connectivity index (χ4n) is 5.17. The van der Waals surface area contributed by atoms with Crippen molar-refractivity contribution in [2.24, 2.45) is 0 Å². The van der Waals surface area contributed by atoms with Crippen LogP contribution in [-0.2, 0) is 11.3 Å². The number of ether oxygens (including phenoxy) is 1. The molecule has 1 rings (SSSR count). The van der Waals surface area contributed by atoms with Gasteiger partial charge in [0.1, 0.15) is 0 Å². The standard InChI is InChI=1S/C33H61NO/c1-7-11-15-18-26-32(5,25-14-10-4)34-31-23-21-30(22-24-31)29-35-33(6,27-19-16-12-8-2)28-20-17-13-9-3/h21-24,34H,7-20,25-29H2,1-6H3. The van der Waals surface area contributed by atoms with Gasteiger partial charge in [-0.3, -0.25) is 0 Å². The second kappa shape index (κ2) is 19.1. The van der Waals surface area contributed by atoms with Crippen LogP contribution in [0.2, 0.25) is 0 Å². The van der Waals surface area contributed by atoms with Gasteiger partial charge in [0.05, 0.1) is 12.2 Å². The molecule has 2 heteroatoms. The van der Waals surface area contributed by atoms with Gasteiger partial charge in [0.15, 0.2) is 0 Å². The van der Waals surface area contributed by atoms with E-state index in [2.05, 4.69) is 71.1 Å². The molecule has 0 bridgehead atoms. The maximum Gasteiger partial charge on any atom is 0.0724 e. The van der Waals surface area contributed by atoms with Gasteiger partial charge in [-0.25, -0.2) is 0 Å². The van der Waals surface area contributed by atoms with Crippen molar-refractivity contribution in [2.75, 3.05) is 5.32 Å². The predicted octanol–water partition coefficient (Wildman–Crippen LogP) is 11.2. The monoisotopic (exact) mass is 487 g/mol. The Hall–Kier alpha value is -1.02. The smallest absolute Gasteiger partial charge is 0.0724 e. The van der Waals surface area contributed by atoms with Crippen molar-refractivity contribution in [1.82, 2.24) is 0 Å². The first-order chi connectivity index (χ1) is 16.9. The highest BCUT2D eigenvalue weighted by Gasteiger charge is 2.25. The lowest BCUT2D eigenvalue weighted by atomic mass is 9.88. The van der Waals surface area contributed by atoms with Gasteiger partial charge in [-0.2, -0.15) is 0 Å². The van der Waals surface area contributed by atoms with Gasteiger partial charge in [0.25, 0.3) is 0 Å². The summed E-state index contributed by atoms with van der Waals surface area (Å²) in [5, 5.41) is 3.91. The summed E-state index contributed by atoms with van der Waals surface area (Å²) in [5.41, 5.74) is 2.75. The first-order valence-electron chi connectivity index (χ1n) is 15.4. The van der Waals surface area contributed by atoms with Gasteiger partial charge < -0.3 is 10.1 Å². The van der Waals surface area contributed by atoms with Crippen LogP contribution in [0.3, 0.4) is 0 Å². The summed E-state index contributed by atoms with van der Waals surface area (Å²) < 4.78 is 6.63. The van der Waals surface area contributed by atoms with Crippen LogP contribution in [0.4, 0.5) is 5.69 Å². The first-order valence-corrected chi connectivity index (χ1v) is 15.4. The summed E-state index contributed by atoms with van der Waals surface area (Å²) in [6, 6.07) is 9.09. The first kappa shape index (κ1) is 32.0. The van der Waals surface area contributed by atoms with Gasteiger partial charge in [-0.05, 0) is 57.2 Å². The number of hydrogen-bond acceptors (Lipinski definition) is 2. The molecule has 0 aromatic heterocycles. The molecule has 1 N–H and O–H groups in total. The molecule has 1 unspecified atom stereocenters. The maximum absolute atomic E-state index is 6.63. The van der Waals surface area contributed by atoms with Crippen LogP contribution in [0.1, 0.15) is 163 Å². The molecule has 204 valence electrons. The van der Waals surface area contributed by atoms with Crippen LogP contribution in [-0.4, -0.2) is 11.1 Å². The van der Waals surface area contributed by atoms with E-state index in [4.69, 9.17) is 4.74 Å². The molecule has 35 heavy (non-hydrogen) atoms. The molecule has 0 saturated heterocycles. The highest BCUT2D eigenvalue weighted by atomic mass is 16.5. The average Bonchev–Trinajstić information content (AvgIpc) is 2.86. The van der Waals surface area contributed by atoms with Gasteiger partial charge in [-0.15, -0.1) is 0 Å². The molecule has 1 atom stereocenters. The van der Waals surface area contributed by atoms with Crippen molar-refractivity contribution in [3.63, 3.8) is 0 Å². The average molecular weight is 488 g/mol. The Labute approximate surface area is 220 Å². The van der Waals surface area contributed by atoms with E-state index >= 15 is 0 Å². The molecule has 0 saturated carbocycles. The van der Waals surface area contributed by atoms with E-state index in [1.807, 2.05) is 0 Å². The van der Waals surface area contributed by atoms with Gasteiger partial charge in [0, 0.05) is 11.2 Å². The van der Waals surface area contributed by atoms with E-state index in [1.54, 1.807) is 0 Å². The molecule has 0 spiro atoms. The van der Waals surface area contributed by atoms with Gasteiger partial charge >= 0.3 is 0 Å². The van der Waals surface area contributed by atoms with Gasteiger partial charge in [0.2, 0.25) is 0 Å². The Bertz CT molecular complexity index is 598. The minimum absolute atomic E-state index is 0.00954. The zero-order chi connectivity index (χ0) is 25.8. The molecule has 0 radical (unpaired) electrons. The molecule has 0 aliphatic heterocycles. The number of nitrogens with one attached hydrogen (secondary N) is 1. The zero-order valence-electron chi connectivity index (χ0n) is 24.7. The van der Waals surface area contributed by atoms with Crippen LogP contribution >= 0.6 is 0 Å². The van der Waals surface area contributed by atoms with Crippen LogP contribution in [0.25, 0.3) is 0 Å². The minimum atomic E-state index is 0.00954. The zero-order valence-corrected chi connectivity index (χ0v) is 24.7. The van der Waals surface area contributed by atoms with Crippen molar-refractivity contribution in [3.05, 3.63) is 29.8 Å². The van der Waals surface area contributed by atoms with Crippen LogP contribution < -0.4 is 5.32 Å². The summed E-state index contributed by atoms with van der Waals surface area (Å²) in [5.74, 6) is 0. The van der Waals surface area contributed by atoms with Crippen LogP contribution in [0, 0.1) is 0 Å². The van der Waals surface area contributed by atoms with Crippen molar-refractivity contribution in [2.45, 2.75) is 175 Å². The van der Waals surface area contributed by atoms with E-state index in [0.717, 1.165) is 6.61 Å². The molecular weight excluding hydrogens is 426 g/mol. The fraction of sp³-hybridized carbons (Fsp3) is 0.818. The third kappa shape index (κ3) is 15.0. The summed E-state index contributed by atoms with van der Waals surface area (Å²) >= 11 is 0. The predicted molar refractivity (Wildman–Crippen MR) is 157 cm³/mol. The molecule has 1 aromatic rings. The number of benzene rings is 1. The van der Waals surface area contributed by atoms with E-state index in [9.17, 15) is 0 Å².